The molecule has 2 aromatic rings. The van der Waals surface area contributed by atoms with E-state index in [-0.39, 0.29) is 0 Å². The molecule has 0 bridgehead atoms. The number of aldehydes is 1. The van der Waals surface area contributed by atoms with Gasteiger partial charge in [0.25, 0.3) is 0 Å². The number of ether oxygens (including phenoxy) is 1. The summed E-state index contributed by atoms with van der Waals surface area (Å²) in [6.45, 7) is 0. The highest BCUT2D eigenvalue weighted by molar-refractivity contribution is 6.68. The first-order valence-electron chi connectivity index (χ1n) is 7.12. The van der Waals surface area contributed by atoms with Gasteiger partial charge in [0.15, 0.2) is 6.29 Å². The van der Waals surface area contributed by atoms with Crippen molar-refractivity contribution >= 4 is 72.8 Å². The van der Waals surface area contributed by atoms with Crippen LogP contribution in [0.15, 0.2) is 18.2 Å². The molecule has 0 saturated carbocycles. The minimum atomic E-state index is 0.699. The number of carbonyl (C=O) groups is 1. The van der Waals surface area contributed by atoms with E-state index < -0.39 is 0 Å². The smallest absolute Gasteiger partial charge is 0.150 e. The van der Waals surface area contributed by atoms with E-state index >= 15 is 0 Å². The molecule has 0 aliphatic carbocycles. The van der Waals surface area contributed by atoms with Gasteiger partial charge in [0.05, 0.1) is 7.11 Å². The molecule has 0 aromatic heterocycles. The fraction of sp³-hybridized carbons (Fsp3) is 0.0714. The predicted molar refractivity (Wildman–Crippen MR) is 105 cm³/mol. The zero-order chi connectivity index (χ0) is 15.7. The summed E-state index contributed by atoms with van der Waals surface area (Å²) in [4.78, 5) is 11.4. The maximum atomic E-state index is 11.4. The Labute approximate surface area is 130 Å². The normalized spacial score (nSPS) is 10.3. The lowest BCUT2D eigenvalue weighted by Crippen LogP contribution is -2.55. The van der Waals surface area contributed by atoms with E-state index in [4.69, 9.17) is 4.74 Å². The molecule has 0 unspecified atom stereocenters. The van der Waals surface area contributed by atoms with Crippen LogP contribution >= 0.6 is 0 Å². The number of benzene rings is 2. The van der Waals surface area contributed by atoms with Crippen LogP contribution in [0.4, 0.5) is 0 Å². The summed E-state index contributed by atoms with van der Waals surface area (Å²) >= 11 is 0. The molecular weight excluding hydrogens is 254 g/mol. The minimum absolute atomic E-state index is 0.699. The van der Waals surface area contributed by atoms with Gasteiger partial charge in [0.2, 0.25) is 0 Å². The molecule has 2 aromatic carbocycles. The summed E-state index contributed by atoms with van der Waals surface area (Å²) in [6.07, 6.45) is 0.915. The average Bonchev–Trinajstić information content (AvgIpc) is 2.51. The molecule has 0 aliphatic heterocycles. The zero-order valence-corrected chi connectivity index (χ0v) is 13.6. The Balaban J connectivity index is 2.87. The lowest BCUT2D eigenvalue weighted by Gasteiger charge is -2.21. The van der Waals surface area contributed by atoms with Gasteiger partial charge in [-0.15, -0.1) is 16.4 Å². The van der Waals surface area contributed by atoms with E-state index in [2.05, 4.69) is 39.2 Å². The standard InChI is InChI=1S/C14H17B5O2/c1-21-7-3-2-6(5-20)8(4-7)9-10(15)12(17)14(19)13(18)11(9)16/h2-5H,15-19H2,1H3. The third-order valence-corrected chi connectivity index (χ3v) is 4.66. The Morgan fingerprint density at radius 1 is 0.905 bits per heavy atom. The molecule has 0 amide bonds. The van der Waals surface area contributed by atoms with Crippen molar-refractivity contribution in [2.24, 2.45) is 0 Å². The Kier molecular flexibility index (Phi) is 4.41. The molecule has 0 atom stereocenters. The summed E-state index contributed by atoms with van der Waals surface area (Å²) in [7, 11) is 12.3. The molecule has 7 heteroatoms. The topological polar surface area (TPSA) is 26.3 Å². The van der Waals surface area contributed by atoms with Crippen LogP contribution in [0.25, 0.3) is 11.1 Å². The lowest BCUT2D eigenvalue weighted by atomic mass is 9.59. The molecule has 0 spiro atoms. The molecule has 0 fully saturated rings. The second-order valence-corrected chi connectivity index (χ2v) is 5.57. The van der Waals surface area contributed by atoms with Gasteiger partial charge < -0.3 is 4.74 Å². The second kappa shape index (κ2) is 5.93. The maximum absolute atomic E-state index is 11.4. The number of carbonyl (C=O) groups excluding carboxylic acids is 1. The lowest BCUT2D eigenvalue weighted by molar-refractivity contribution is 0.112. The SMILES string of the molecule is Bc1c(B)c(B)c(-c2cc(OC)ccc2C=O)c(B)c1B. The summed E-state index contributed by atoms with van der Waals surface area (Å²) in [5, 5.41) is 0. The molecule has 2 nitrogen and oxygen atoms in total. The highest BCUT2D eigenvalue weighted by Crippen LogP contribution is 2.24. The van der Waals surface area contributed by atoms with E-state index in [9.17, 15) is 4.79 Å². The van der Waals surface area contributed by atoms with Crippen LogP contribution in [0, 0.1) is 0 Å². The van der Waals surface area contributed by atoms with E-state index in [0.717, 1.165) is 23.2 Å². The first kappa shape index (κ1) is 15.6. The van der Waals surface area contributed by atoms with E-state index in [1.807, 2.05) is 18.2 Å². The third kappa shape index (κ3) is 2.57. The van der Waals surface area contributed by atoms with Gasteiger partial charge in [-0.2, -0.15) is 0 Å². The van der Waals surface area contributed by atoms with Crippen LogP contribution in [0.3, 0.4) is 0 Å². The van der Waals surface area contributed by atoms with Gasteiger partial charge in [-0.05, 0) is 29.3 Å². The molecular formula is C14H17B5O2. The van der Waals surface area contributed by atoms with Crippen molar-refractivity contribution in [3.8, 4) is 16.9 Å². The molecule has 0 heterocycles. The van der Waals surface area contributed by atoms with Crippen molar-refractivity contribution < 1.29 is 9.53 Å². The van der Waals surface area contributed by atoms with Crippen molar-refractivity contribution in [2.45, 2.75) is 0 Å². The monoisotopic (exact) mass is 272 g/mol. The van der Waals surface area contributed by atoms with Gasteiger partial charge in [-0.25, -0.2) is 0 Å². The fourth-order valence-electron chi connectivity index (χ4n) is 2.89. The fourth-order valence-corrected chi connectivity index (χ4v) is 2.89. The number of rotatable bonds is 3. The minimum Gasteiger partial charge on any atom is -0.497 e. The quantitative estimate of drug-likeness (QED) is 0.411. The first-order chi connectivity index (χ1) is 9.92. The molecule has 2 rings (SSSR count). The molecule has 21 heavy (non-hydrogen) atoms. The van der Waals surface area contributed by atoms with Crippen LogP contribution in [-0.2, 0) is 0 Å². The third-order valence-electron chi connectivity index (χ3n) is 4.66. The van der Waals surface area contributed by atoms with Crippen molar-refractivity contribution in [1.29, 1.82) is 0 Å². The summed E-state index contributed by atoms with van der Waals surface area (Å²) in [5.74, 6) is 0.769. The van der Waals surface area contributed by atoms with Gasteiger partial charge in [-0.1, -0.05) is 10.9 Å². The predicted octanol–water partition coefficient (Wildman–Crippen LogP) is -5.53. The average molecular weight is 271 g/mol. The van der Waals surface area contributed by atoms with Crippen molar-refractivity contribution in [1.82, 2.24) is 0 Å². The molecule has 0 aliphatic rings. The number of hydrogen-bond acceptors (Lipinski definition) is 2. The van der Waals surface area contributed by atoms with Gasteiger partial charge in [-0.3, -0.25) is 4.79 Å². The molecule has 0 N–H and O–H groups in total. The Hall–Kier alpha value is -1.77. The van der Waals surface area contributed by atoms with Crippen LogP contribution in [-0.4, -0.2) is 52.6 Å². The van der Waals surface area contributed by atoms with Crippen LogP contribution in [0.1, 0.15) is 10.4 Å². The van der Waals surface area contributed by atoms with Crippen LogP contribution < -0.4 is 32.1 Å². The largest absolute Gasteiger partial charge is 0.497 e. The Morgan fingerprint density at radius 3 is 1.90 bits per heavy atom. The number of methoxy groups -OCH3 is 1. The van der Waals surface area contributed by atoms with Crippen molar-refractivity contribution in [3.05, 3.63) is 23.8 Å². The van der Waals surface area contributed by atoms with E-state index in [0.29, 0.717) is 5.56 Å². The molecule has 0 radical (unpaired) electrons. The van der Waals surface area contributed by atoms with E-state index in [1.165, 1.54) is 27.3 Å². The second-order valence-electron chi connectivity index (χ2n) is 5.57. The number of hydrogen-bond donors (Lipinski definition) is 0. The highest BCUT2D eigenvalue weighted by Gasteiger charge is 2.16. The van der Waals surface area contributed by atoms with Gasteiger partial charge in [0, 0.05) is 5.56 Å². The molecule has 100 valence electrons. The highest BCUT2D eigenvalue weighted by atomic mass is 16.5. The zero-order valence-electron chi connectivity index (χ0n) is 13.6. The Bertz CT molecular complexity index is 699. The molecule has 0 saturated heterocycles. The maximum Gasteiger partial charge on any atom is 0.150 e. The van der Waals surface area contributed by atoms with Gasteiger partial charge >= 0.3 is 0 Å². The van der Waals surface area contributed by atoms with Gasteiger partial charge in [0.1, 0.15) is 45.0 Å². The summed E-state index contributed by atoms with van der Waals surface area (Å²) in [5.41, 5.74) is 9.15. The summed E-state index contributed by atoms with van der Waals surface area (Å²) < 4.78 is 5.32. The first-order valence-corrected chi connectivity index (χ1v) is 7.12. The summed E-state index contributed by atoms with van der Waals surface area (Å²) in [6, 6.07) is 5.60. The van der Waals surface area contributed by atoms with Crippen molar-refractivity contribution in [2.75, 3.05) is 7.11 Å². The van der Waals surface area contributed by atoms with Crippen LogP contribution in [0.2, 0.25) is 0 Å². The van der Waals surface area contributed by atoms with Crippen LogP contribution in [0.5, 0.6) is 5.75 Å². The van der Waals surface area contributed by atoms with E-state index in [1.54, 1.807) is 7.11 Å². The van der Waals surface area contributed by atoms with Crippen molar-refractivity contribution in [3.63, 3.8) is 0 Å². The Morgan fingerprint density at radius 2 is 1.43 bits per heavy atom.